The summed E-state index contributed by atoms with van der Waals surface area (Å²) in [6.45, 7) is 12.1. The van der Waals surface area contributed by atoms with Crippen LogP contribution in [-0.2, 0) is 21.4 Å². The molecule has 7 heteroatoms. The zero-order valence-corrected chi connectivity index (χ0v) is 19.7. The molecule has 1 heterocycles. The highest BCUT2D eigenvalue weighted by atomic mass is 32.1. The van der Waals surface area contributed by atoms with Crippen molar-refractivity contribution in [2.75, 3.05) is 11.9 Å². The van der Waals surface area contributed by atoms with Crippen LogP contribution in [0.25, 0.3) is 0 Å². The summed E-state index contributed by atoms with van der Waals surface area (Å²) in [7, 11) is 0. The molecule has 0 unspecified atom stereocenters. The molecular formula is C24H29NO5S. The lowest BCUT2D eigenvalue weighted by Crippen LogP contribution is -2.34. The molecule has 0 bridgehead atoms. The van der Waals surface area contributed by atoms with E-state index in [2.05, 4.69) is 33.0 Å². The third-order valence-electron chi connectivity index (χ3n) is 5.28. The number of carbonyl (C=O) groups is 3. The quantitative estimate of drug-likeness (QED) is 0.497. The number of hydrogen-bond acceptors (Lipinski definition) is 6. The first kappa shape index (κ1) is 23.0. The Morgan fingerprint density at radius 3 is 2.32 bits per heavy atom. The summed E-state index contributed by atoms with van der Waals surface area (Å²) in [4.78, 5) is 38.0. The number of anilines is 1. The van der Waals surface area contributed by atoms with Gasteiger partial charge in [0.05, 0.1) is 12.2 Å². The van der Waals surface area contributed by atoms with E-state index >= 15 is 0 Å². The fraction of sp³-hybridized carbons (Fsp3) is 0.458. The molecule has 31 heavy (non-hydrogen) atoms. The van der Waals surface area contributed by atoms with E-state index in [4.69, 9.17) is 9.47 Å². The molecule has 0 radical (unpaired) electrons. The number of ether oxygens (including phenoxy) is 2. The van der Waals surface area contributed by atoms with E-state index in [1.807, 2.05) is 0 Å². The zero-order valence-electron chi connectivity index (χ0n) is 18.9. The van der Waals surface area contributed by atoms with Crippen molar-refractivity contribution in [3.05, 3.63) is 45.8 Å². The Labute approximate surface area is 186 Å². The normalized spacial score (nSPS) is 16.2. The van der Waals surface area contributed by atoms with E-state index in [0.717, 1.165) is 23.3 Å². The molecule has 0 aliphatic heterocycles. The molecule has 1 amide bonds. The van der Waals surface area contributed by atoms with Crippen LogP contribution in [0, 0.1) is 5.41 Å². The van der Waals surface area contributed by atoms with Gasteiger partial charge in [-0.05, 0) is 60.4 Å². The van der Waals surface area contributed by atoms with Gasteiger partial charge in [0.25, 0.3) is 5.91 Å². The molecule has 2 aromatic rings. The fourth-order valence-corrected chi connectivity index (χ4v) is 5.82. The highest BCUT2D eigenvalue weighted by Gasteiger charge is 2.42. The highest BCUT2D eigenvalue weighted by Crippen LogP contribution is 2.52. The molecule has 166 valence electrons. The van der Waals surface area contributed by atoms with E-state index in [0.29, 0.717) is 21.9 Å². The third kappa shape index (κ3) is 4.98. The van der Waals surface area contributed by atoms with E-state index < -0.39 is 11.9 Å². The van der Waals surface area contributed by atoms with Crippen molar-refractivity contribution in [3.63, 3.8) is 0 Å². The molecule has 1 aromatic carbocycles. The third-order valence-corrected chi connectivity index (χ3v) is 6.80. The summed E-state index contributed by atoms with van der Waals surface area (Å²) < 4.78 is 10.3. The molecule has 1 aromatic heterocycles. The van der Waals surface area contributed by atoms with Crippen molar-refractivity contribution in [3.8, 4) is 5.75 Å². The summed E-state index contributed by atoms with van der Waals surface area (Å²) in [5, 5.41) is 3.44. The van der Waals surface area contributed by atoms with Gasteiger partial charge in [-0.15, -0.1) is 11.3 Å². The standard InChI is InChI=1S/C24H29NO5S/c1-7-29-22(28)18-17-12-23(3,4)13-24(5,6)19(17)31-21(18)25-20(27)15-8-10-16(11-9-15)30-14(2)26/h8-11H,7,12-13H2,1-6H3,(H,25,27). The molecular weight excluding hydrogens is 414 g/mol. The fourth-order valence-electron chi connectivity index (χ4n) is 4.52. The second-order valence-electron chi connectivity index (χ2n) is 9.31. The first-order valence-corrected chi connectivity index (χ1v) is 11.2. The number of fused-ring (bicyclic) bond motifs is 1. The summed E-state index contributed by atoms with van der Waals surface area (Å²) in [6.07, 6.45) is 1.74. The number of carbonyl (C=O) groups excluding carboxylic acids is 3. The monoisotopic (exact) mass is 443 g/mol. The first-order valence-electron chi connectivity index (χ1n) is 10.4. The average molecular weight is 444 g/mol. The molecule has 3 rings (SSSR count). The predicted molar refractivity (Wildman–Crippen MR) is 121 cm³/mol. The predicted octanol–water partition coefficient (Wildman–Crippen LogP) is 5.35. The second-order valence-corrected chi connectivity index (χ2v) is 10.3. The lowest BCUT2D eigenvalue weighted by Gasteiger charge is -2.40. The van der Waals surface area contributed by atoms with E-state index in [1.165, 1.54) is 18.3 Å². The number of thiophene rings is 1. The van der Waals surface area contributed by atoms with Gasteiger partial charge in [0.15, 0.2) is 0 Å². The van der Waals surface area contributed by atoms with Crippen molar-refractivity contribution < 1.29 is 23.9 Å². The van der Waals surface area contributed by atoms with Crippen molar-refractivity contribution in [2.45, 2.75) is 59.8 Å². The van der Waals surface area contributed by atoms with Gasteiger partial charge in [0, 0.05) is 17.4 Å². The van der Waals surface area contributed by atoms with Gasteiger partial charge in [-0.1, -0.05) is 27.7 Å². The molecule has 0 saturated carbocycles. The number of nitrogens with one attached hydrogen (secondary N) is 1. The Morgan fingerprint density at radius 1 is 1.10 bits per heavy atom. The van der Waals surface area contributed by atoms with Crippen LogP contribution >= 0.6 is 11.3 Å². The van der Waals surface area contributed by atoms with Crippen molar-refractivity contribution in [1.82, 2.24) is 0 Å². The van der Waals surface area contributed by atoms with E-state index in [-0.39, 0.29) is 23.3 Å². The Morgan fingerprint density at radius 2 is 1.74 bits per heavy atom. The Hall–Kier alpha value is -2.67. The van der Waals surface area contributed by atoms with Gasteiger partial charge in [-0.2, -0.15) is 0 Å². The van der Waals surface area contributed by atoms with Crippen LogP contribution in [0.3, 0.4) is 0 Å². The Balaban J connectivity index is 1.97. The lowest BCUT2D eigenvalue weighted by atomic mass is 9.65. The van der Waals surface area contributed by atoms with Crippen LogP contribution in [0.2, 0.25) is 0 Å². The first-order chi connectivity index (χ1) is 14.4. The largest absolute Gasteiger partial charge is 0.462 e. The van der Waals surface area contributed by atoms with Gasteiger partial charge in [0.1, 0.15) is 10.8 Å². The van der Waals surface area contributed by atoms with E-state index in [1.54, 1.807) is 31.2 Å². The van der Waals surface area contributed by atoms with Gasteiger partial charge in [-0.25, -0.2) is 4.79 Å². The Bertz CT molecular complexity index is 1020. The number of hydrogen-bond donors (Lipinski definition) is 1. The van der Waals surface area contributed by atoms with Gasteiger partial charge in [0.2, 0.25) is 0 Å². The van der Waals surface area contributed by atoms with Crippen LogP contribution < -0.4 is 10.1 Å². The van der Waals surface area contributed by atoms with Gasteiger partial charge < -0.3 is 14.8 Å². The minimum absolute atomic E-state index is 0.0344. The molecule has 0 spiro atoms. The van der Waals surface area contributed by atoms with Gasteiger partial charge in [-0.3, -0.25) is 9.59 Å². The number of rotatable bonds is 5. The minimum Gasteiger partial charge on any atom is -0.462 e. The van der Waals surface area contributed by atoms with Crippen LogP contribution in [0.5, 0.6) is 5.75 Å². The highest BCUT2D eigenvalue weighted by molar-refractivity contribution is 7.17. The maximum atomic E-state index is 12.9. The molecule has 0 fully saturated rings. The molecule has 6 nitrogen and oxygen atoms in total. The zero-order chi connectivity index (χ0) is 23.0. The smallest absolute Gasteiger partial charge is 0.341 e. The van der Waals surface area contributed by atoms with Crippen LogP contribution in [0.15, 0.2) is 24.3 Å². The van der Waals surface area contributed by atoms with Crippen LogP contribution in [0.1, 0.15) is 79.1 Å². The lowest BCUT2D eigenvalue weighted by molar-refractivity contribution is -0.131. The SMILES string of the molecule is CCOC(=O)c1c(NC(=O)c2ccc(OC(C)=O)cc2)sc2c1CC(C)(C)CC2(C)C. The molecule has 0 atom stereocenters. The maximum Gasteiger partial charge on any atom is 0.341 e. The van der Waals surface area contributed by atoms with Crippen LogP contribution in [-0.4, -0.2) is 24.5 Å². The number of benzene rings is 1. The average Bonchev–Trinajstić information content (AvgIpc) is 2.99. The second kappa shape index (κ2) is 8.46. The summed E-state index contributed by atoms with van der Waals surface area (Å²) in [5.74, 6) is -0.803. The minimum atomic E-state index is -0.425. The van der Waals surface area contributed by atoms with E-state index in [9.17, 15) is 14.4 Å². The molecule has 0 saturated heterocycles. The topological polar surface area (TPSA) is 81.7 Å². The molecule has 1 aliphatic carbocycles. The molecule has 1 aliphatic rings. The van der Waals surface area contributed by atoms with Crippen molar-refractivity contribution >= 4 is 34.2 Å². The van der Waals surface area contributed by atoms with Crippen molar-refractivity contribution in [2.24, 2.45) is 5.41 Å². The Kier molecular flexibility index (Phi) is 6.28. The summed E-state index contributed by atoms with van der Waals surface area (Å²) in [6, 6.07) is 6.29. The maximum absolute atomic E-state index is 12.9. The van der Waals surface area contributed by atoms with Crippen LogP contribution in [0.4, 0.5) is 5.00 Å². The number of amides is 1. The number of esters is 2. The van der Waals surface area contributed by atoms with Gasteiger partial charge >= 0.3 is 11.9 Å². The van der Waals surface area contributed by atoms with Crippen molar-refractivity contribution in [1.29, 1.82) is 0 Å². The summed E-state index contributed by atoms with van der Waals surface area (Å²) in [5.41, 5.74) is 1.76. The molecule has 1 N–H and O–H groups in total. The summed E-state index contributed by atoms with van der Waals surface area (Å²) >= 11 is 1.46.